The Morgan fingerprint density at radius 2 is 2.36 bits per heavy atom. The van der Waals surface area contributed by atoms with Crippen LogP contribution >= 0.6 is 0 Å². The van der Waals surface area contributed by atoms with Crippen molar-refractivity contribution in [1.82, 2.24) is 5.32 Å². The first-order valence-electron chi connectivity index (χ1n) is 3.77. The Bertz CT molecular complexity index is 152. The van der Waals surface area contributed by atoms with Crippen LogP contribution in [-0.2, 0) is 4.79 Å². The Labute approximate surface area is 65.2 Å². The Morgan fingerprint density at radius 1 is 1.64 bits per heavy atom. The minimum atomic E-state index is -0.842. The molecule has 1 fully saturated rings. The summed E-state index contributed by atoms with van der Waals surface area (Å²) in [6.45, 7) is 1.32. The van der Waals surface area contributed by atoms with Gasteiger partial charge < -0.3 is 15.5 Å². The highest BCUT2D eigenvalue weighted by atomic mass is 16.4. The topological polar surface area (TPSA) is 69.6 Å². The standard InChI is InChI=1S/C7H13NO3/c9-6(10)1-2-7(11)3-4-8-5-7/h8,11H,1-5H2,(H,9,10). The lowest BCUT2D eigenvalue weighted by atomic mass is 9.97. The van der Waals surface area contributed by atoms with Gasteiger partial charge in [0, 0.05) is 13.0 Å². The predicted octanol–water partition coefficient (Wildman–Crippen LogP) is -0.424. The number of carboxylic acid groups (broad SMARTS) is 1. The van der Waals surface area contributed by atoms with Gasteiger partial charge in [0.05, 0.1) is 5.60 Å². The molecule has 0 radical (unpaired) electrons. The first-order valence-corrected chi connectivity index (χ1v) is 3.77. The van der Waals surface area contributed by atoms with Gasteiger partial charge in [-0.2, -0.15) is 0 Å². The van der Waals surface area contributed by atoms with Crippen molar-refractivity contribution in [2.24, 2.45) is 0 Å². The van der Waals surface area contributed by atoms with Crippen LogP contribution in [0.25, 0.3) is 0 Å². The van der Waals surface area contributed by atoms with Crippen LogP contribution in [0.15, 0.2) is 0 Å². The van der Waals surface area contributed by atoms with E-state index in [2.05, 4.69) is 5.32 Å². The zero-order valence-electron chi connectivity index (χ0n) is 6.34. The van der Waals surface area contributed by atoms with E-state index in [1.165, 1.54) is 0 Å². The molecule has 1 unspecified atom stereocenters. The maximum Gasteiger partial charge on any atom is 0.303 e. The molecule has 4 heteroatoms. The highest BCUT2D eigenvalue weighted by Crippen LogP contribution is 2.19. The molecule has 64 valence electrons. The van der Waals surface area contributed by atoms with Crippen molar-refractivity contribution in [2.75, 3.05) is 13.1 Å². The Morgan fingerprint density at radius 3 is 2.82 bits per heavy atom. The number of β-amino-alcohol motifs (C(OH)–C–C–N with tert-alkyl or cyclic N) is 1. The molecule has 0 aromatic carbocycles. The van der Waals surface area contributed by atoms with Crippen LogP contribution in [0.1, 0.15) is 19.3 Å². The SMILES string of the molecule is O=C(O)CCC1(O)CCNC1. The maximum absolute atomic E-state index is 10.2. The van der Waals surface area contributed by atoms with Crippen LogP contribution in [0.3, 0.4) is 0 Å². The summed E-state index contributed by atoms with van der Waals surface area (Å²) in [6, 6.07) is 0. The van der Waals surface area contributed by atoms with Gasteiger partial charge in [-0.05, 0) is 19.4 Å². The first kappa shape index (κ1) is 8.49. The van der Waals surface area contributed by atoms with E-state index in [1.54, 1.807) is 0 Å². The summed E-state index contributed by atoms with van der Waals surface area (Å²) in [4.78, 5) is 10.2. The average molecular weight is 159 g/mol. The molecule has 1 atom stereocenters. The van der Waals surface area contributed by atoms with Crippen LogP contribution in [0, 0.1) is 0 Å². The molecule has 1 aliphatic heterocycles. The lowest BCUT2D eigenvalue weighted by molar-refractivity contribution is -0.138. The molecule has 4 nitrogen and oxygen atoms in total. The van der Waals surface area contributed by atoms with Gasteiger partial charge in [-0.1, -0.05) is 0 Å². The van der Waals surface area contributed by atoms with E-state index in [0.717, 1.165) is 6.54 Å². The van der Waals surface area contributed by atoms with Crippen molar-refractivity contribution >= 4 is 5.97 Å². The molecule has 1 heterocycles. The number of rotatable bonds is 3. The molecular formula is C7H13NO3. The summed E-state index contributed by atoms with van der Waals surface area (Å²) in [5.41, 5.74) is -0.765. The van der Waals surface area contributed by atoms with E-state index in [4.69, 9.17) is 5.11 Å². The van der Waals surface area contributed by atoms with Crippen LogP contribution in [0.5, 0.6) is 0 Å². The third-order valence-corrected chi connectivity index (χ3v) is 2.03. The molecule has 1 rings (SSSR count). The van der Waals surface area contributed by atoms with Crippen molar-refractivity contribution in [3.05, 3.63) is 0 Å². The highest BCUT2D eigenvalue weighted by Gasteiger charge is 2.30. The van der Waals surface area contributed by atoms with E-state index in [0.29, 0.717) is 19.4 Å². The van der Waals surface area contributed by atoms with Crippen molar-refractivity contribution < 1.29 is 15.0 Å². The summed E-state index contributed by atoms with van der Waals surface area (Å²) >= 11 is 0. The largest absolute Gasteiger partial charge is 0.481 e. The van der Waals surface area contributed by atoms with Gasteiger partial charge in [-0.15, -0.1) is 0 Å². The fraction of sp³-hybridized carbons (Fsp3) is 0.857. The maximum atomic E-state index is 10.2. The molecule has 0 bridgehead atoms. The van der Waals surface area contributed by atoms with Crippen molar-refractivity contribution in [3.8, 4) is 0 Å². The molecule has 0 saturated carbocycles. The van der Waals surface area contributed by atoms with Crippen molar-refractivity contribution in [3.63, 3.8) is 0 Å². The summed E-state index contributed by atoms with van der Waals surface area (Å²) in [6.07, 6.45) is 1.08. The van der Waals surface area contributed by atoms with E-state index < -0.39 is 11.6 Å². The third-order valence-electron chi connectivity index (χ3n) is 2.03. The van der Waals surface area contributed by atoms with Gasteiger partial charge in [0.1, 0.15) is 0 Å². The molecule has 0 amide bonds. The fourth-order valence-corrected chi connectivity index (χ4v) is 1.28. The third kappa shape index (κ3) is 2.48. The number of carbonyl (C=O) groups is 1. The second kappa shape index (κ2) is 3.19. The molecule has 11 heavy (non-hydrogen) atoms. The van der Waals surface area contributed by atoms with Crippen LogP contribution in [0.4, 0.5) is 0 Å². The molecule has 0 aromatic rings. The average Bonchev–Trinajstić information content (AvgIpc) is 2.33. The smallest absolute Gasteiger partial charge is 0.303 e. The predicted molar refractivity (Wildman–Crippen MR) is 39.3 cm³/mol. The molecule has 1 saturated heterocycles. The summed E-state index contributed by atoms with van der Waals surface area (Å²) < 4.78 is 0. The Kier molecular flexibility index (Phi) is 2.46. The summed E-state index contributed by atoms with van der Waals surface area (Å²) in [7, 11) is 0. The first-order chi connectivity index (χ1) is 5.12. The molecule has 0 aliphatic carbocycles. The lowest BCUT2D eigenvalue weighted by Crippen LogP contribution is -2.31. The van der Waals surface area contributed by atoms with E-state index in [1.807, 2.05) is 0 Å². The van der Waals surface area contributed by atoms with Gasteiger partial charge in [0.15, 0.2) is 0 Å². The van der Waals surface area contributed by atoms with Gasteiger partial charge in [0.2, 0.25) is 0 Å². The number of aliphatic hydroxyl groups is 1. The van der Waals surface area contributed by atoms with Gasteiger partial charge in [-0.25, -0.2) is 0 Å². The molecular weight excluding hydrogens is 146 g/mol. The van der Waals surface area contributed by atoms with E-state index >= 15 is 0 Å². The number of aliphatic carboxylic acids is 1. The van der Waals surface area contributed by atoms with Crippen molar-refractivity contribution in [1.29, 1.82) is 0 Å². The normalized spacial score (nSPS) is 30.6. The van der Waals surface area contributed by atoms with E-state index in [-0.39, 0.29) is 6.42 Å². The Balaban J connectivity index is 2.28. The highest BCUT2D eigenvalue weighted by molar-refractivity contribution is 5.66. The zero-order valence-corrected chi connectivity index (χ0v) is 6.34. The number of hydrogen-bond donors (Lipinski definition) is 3. The number of carboxylic acids is 1. The van der Waals surface area contributed by atoms with Gasteiger partial charge in [-0.3, -0.25) is 4.79 Å². The molecule has 0 aromatic heterocycles. The van der Waals surface area contributed by atoms with Gasteiger partial charge >= 0.3 is 5.97 Å². The molecule has 1 aliphatic rings. The van der Waals surface area contributed by atoms with Crippen LogP contribution in [-0.4, -0.2) is 34.9 Å². The quantitative estimate of drug-likeness (QED) is 0.523. The van der Waals surface area contributed by atoms with Crippen LogP contribution in [0.2, 0.25) is 0 Å². The second-order valence-electron chi connectivity index (χ2n) is 3.04. The molecule has 3 N–H and O–H groups in total. The fourth-order valence-electron chi connectivity index (χ4n) is 1.28. The van der Waals surface area contributed by atoms with Crippen LogP contribution < -0.4 is 5.32 Å². The number of hydrogen-bond acceptors (Lipinski definition) is 3. The monoisotopic (exact) mass is 159 g/mol. The van der Waals surface area contributed by atoms with Gasteiger partial charge in [0.25, 0.3) is 0 Å². The zero-order chi connectivity index (χ0) is 8.32. The minimum Gasteiger partial charge on any atom is -0.481 e. The minimum absolute atomic E-state index is 0.0537. The Hall–Kier alpha value is -0.610. The van der Waals surface area contributed by atoms with E-state index in [9.17, 15) is 9.90 Å². The number of nitrogens with one attached hydrogen (secondary N) is 1. The second-order valence-corrected chi connectivity index (χ2v) is 3.04. The summed E-state index contributed by atoms with van der Waals surface area (Å²) in [5.74, 6) is -0.842. The molecule has 0 spiro atoms. The van der Waals surface area contributed by atoms with Crippen molar-refractivity contribution in [2.45, 2.75) is 24.9 Å². The lowest BCUT2D eigenvalue weighted by Gasteiger charge is -2.19. The summed E-state index contributed by atoms with van der Waals surface area (Å²) in [5, 5.41) is 21.0.